The van der Waals surface area contributed by atoms with Gasteiger partial charge in [0.1, 0.15) is 10.6 Å². The van der Waals surface area contributed by atoms with E-state index in [1.165, 1.54) is 36.7 Å². The topological polar surface area (TPSA) is 89.8 Å². The highest BCUT2D eigenvalue weighted by molar-refractivity contribution is 7.89. The quantitative estimate of drug-likeness (QED) is 0.381. The van der Waals surface area contributed by atoms with E-state index in [1.54, 1.807) is 12.1 Å². The summed E-state index contributed by atoms with van der Waals surface area (Å²) in [4.78, 5) is 10.8. The van der Waals surface area contributed by atoms with Gasteiger partial charge in [-0.25, -0.2) is 8.42 Å². The number of hydrogen-bond acceptors (Lipinski definition) is 6. The fourth-order valence-corrected chi connectivity index (χ4v) is 4.87. The maximum absolute atomic E-state index is 13.0. The minimum atomic E-state index is -4.05. The van der Waals surface area contributed by atoms with Crippen LogP contribution in [0, 0.1) is 10.1 Å². The van der Waals surface area contributed by atoms with Gasteiger partial charge in [0.25, 0.3) is 5.69 Å². The summed E-state index contributed by atoms with van der Waals surface area (Å²) in [6.07, 6.45) is 1.44. The number of non-ortho nitro benzene ring substituents is 1. The molecule has 0 saturated heterocycles. The minimum Gasteiger partial charge on any atom is -0.495 e. The maximum Gasteiger partial charge on any atom is 0.271 e. The van der Waals surface area contributed by atoms with Gasteiger partial charge in [-0.05, 0) is 18.2 Å². The van der Waals surface area contributed by atoms with Crippen LogP contribution < -0.4 is 4.74 Å². The molecule has 0 fully saturated rings. The van der Waals surface area contributed by atoms with Crippen LogP contribution in [0.5, 0.6) is 5.75 Å². The number of nitro benzene ring substituents is 1. The van der Waals surface area contributed by atoms with Crippen LogP contribution >= 0.6 is 22.9 Å². The number of halogens is 1. The third-order valence-corrected chi connectivity index (χ3v) is 6.32. The number of thiophene rings is 1. The Morgan fingerprint density at radius 2 is 2.12 bits per heavy atom. The van der Waals surface area contributed by atoms with Crippen LogP contribution in [0.25, 0.3) is 0 Å². The molecule has 0 unspecified atom stereocenters. The van der Waals surface area contributed by atoms with Crippen molar-refractivity contribution in [2.75, 3.05) is 13.7 Å². The summed E-state index contributed by atoms with van der Waals surface area (Å²) in [7, 11) is -2.75. The molecular formula is C15H15ClN2O5S2. The van der Waals surface area contributed by atoms with Gasteiger partial charge in [0.2, 0.25) is 10.0 Å². The van der Waals surface area contributed by atoms with Crippen molar-refractivity contribution in [3.05, 3.63) is 62.3 Å². The zero-order chi connectivity index (χ0) is 18.6. The van der Waals surface area contributed by atoms with Gasteiger partial charge in [0.15, 0.2) is 0 Å². The van der Waals surface area contributed by atoms with Gasteiger partial charge >= 0.3 is 0 Å². The zero-order valence-electron chi connectivity index (χ0n) is 13.2. The number of methoxy groups -OCH3 is 1. The number of ether oxygens (including phenoxy) is 1. The van der Waals surface area contributed by atoms with E-state index in [1.807, 2.05) is 0 Å². The van der Waals surface area contributed by atoms with Crippen LogP contribution in [0.1, 0.15) is 4.88 Å². The van der Waals surface area contributed by atoms with Crippen molar-refractivity contribution < 1.29 is 18.1 Å². The van der Waals surface area contributed by atoms with Crippen molar-refractivity contribution >= 4 is 38.6 Å². The molecule has 0 N–H and O–H groups in total. The van der Waals surface area contributed by atoms with Gasteiger partial charge in [0, 0.05) is 30.1 Å². The molecule has 10 heteroatoms. The average molecular weight is 403 g/mol. The SMILES string of the molecule is C=CCN(Cc1ccc(Cl)s1)S(=O)(=O)c1cc([N+](=O)[O-])ccc1OC. The molecule has 2 rings (SSSR count). The lowest BCUT2D eigenvalue weighted by molar-refractivity contribution is -0.385. The molecule has 2 aromatic rings. The smallest absolute Gasteiger partial charge is 0.271 e. The molecular weight excluding hydrogens is 388 g/mol. The molecule has 0 amide bonds. The summed E-state index contributed by atoms with van der Waals surface area (Å²) >= 11 is 7.15. The first-order valence-electron chi connectivity index (χ1n) is 6.97. The van der Waals surface area contributed by atoms with Crippen molar-refractivity contribution in [3.8, 4) is 5.75 Å². The lowest BCUT2D eigenvalue weighted by Gasteiger charge is -2.21. The number of rotatable bonds is 8. The van der Waals surface area contributed by atoms with Crippen molar-refractivity contribution in [2.45, 2.75) is 11.4 Å². The predicted molar refractivity (Wildman–Crippen MR) is 96.8 cm³/mol. The van der Waals surface area contributed by atoms with Crippen LogP contribution in [0.15, 0.2) is 47.9 Å². The fraction of sp³-hybridized carbons (Fsp3) is 0.200. The van der Waals surface area contributed by atoms with Gasteiger partial charge in [-0.15, -0.1) is 17.9 Å². The Hall–Kier alpha value is -1.94. The molecule has 1 heterocycles. The number of benzene rings is 1. The van der Waals surface area contributed by atoms with E-state index in [-0.39, 0.29) is 29.4 Å². The molecule has 1 aromatic carbocycles. The second-order valence-electron chi connectivity index (χ2n) is 4.88. The molecule has 0 aliphatic rings. The lowest BCUT2D eigenvalue weighted by Crippen LogP contribution is -2.31. The van der Waals surface area contributed by atoms with Crippen molar-refractivity contribution in [2.24, 2.45) is 0 Å². The summed E-state index contributed by atoms with van der Waals surface area (Å²) in [6.45, 7) is 3.67. The second kappa shape index (κ2) is 7.96. The Bertz CT molecular complexity index is 895. The van der Waals surface area contributed by atoms with Crippen LogP contribution in [0.4, 0.5) is 5.69 Å². The first-order chi connectivity index (χ1) is 11.8. The van der Waals surface area contributed by atoms with Crippen molar-refractivity contribution in [3.63, 3.8) is 0 Å². The van der Waals surface area contributed by atoms with Gasteiger partial charge in [-0.3, -0.25) is 10.1 Å². The number of hydrogen-bond donors (Lipinski definition) is 0. The molecule has 0 aliphatic carbocycles. The minimum absolute atomic E-state index is 0.0314. The molecule has 0 spiro atoms. The van der Waals surface area contributed by atoms with Crippen LogP contribution in [0.3, 0.4) is 0 Å². The van der Waals surface area contributed by atoms with E-state index < -0.39 is 14.9 Å². The van der Waals surface area contributed by atoms with Crippen LogP contribution in [-0.4, -0.2) is 31.3 Å². The summed E-state index contributed by atoms with van der Waals surface area (Å²) in [5.41, 5.74) is -0.336. The highest BCUT2D eigenvalue weighted by atomic mass is 35.5. The number of sulfonamides is 1. The summed E-state index contributed by atoms with van der Waals surface area (Å²) < 4.78 is 32.8. The molecule has 0 atom stereocenters. The normalized spacial score (nSPS) is 11.5. The van der Waals surface area contributed by atoms with E-state index in [4.69, 9.17) is 16.3 Å². The monoisotopic (exact) mass is 402 g/mol. The molecule has 134 valence electrons. The summed E-state index contributed by atoms with van der Waals surface area (Å²) in [5, 5.41) is 11.0. The molecule has 0 bridgehead atoms. The van der Waals surface area contributed by atoms with Crippen molar-refractivity contribution in [1.29, 1.82) is 0 Å². The Balaban J connectivity index is 2.50. The Morgan fingerprint density at radius 1 is 1.40 bits per heavy atom. The zero-order valence-corrected chi connectivity index (χ0v) is 15.6. The second-order valence-corrected chi connectivity index (χ2v) is 8.59. The summed E-state index contributed by atoms with van der Waals surface area (Å²) in [6, 6.07) is 6.84. The highest BCUT2D eigenvalue weighted by Gasteiger charge is 2.29. The van der Waals surface area contributed by atoms with Crippen LogP contribution in [-0.2, 0) is 16.6 Å². The van der Waals surface area contributed by atoms with E-state index >= 15 is 0 Å². The molecule has 0 radical (unpaired) electrons. The first kappa shape index (κ1) is 19.4. The first-order valence-corrected chi connectivity index (χ1v) is 9.60. The van der Waals surface area contributed by atoms with E-state index in [9.17, 15) is 18.5 Å². The molecule has 25 heavy (non-hydrogen) atoms. The van der Waals surface area contributed by atoms with Gasteiger partial charge < -0.3 is 4.74 Å². The third-order valence-electron chi connectivity index (χ3n) is 3.27. The van der Waals surface area contributed by atoms with E-state index in [0.717, 1.165) is 15.2 Å². The Labute approximate surface area is 154 Å². The molecule has 7 nitrogen and oxygen atoms in total. The predicted octanol–water partition coefficient (Wildman–Crippen LogP) is 3.70. The van der Waals surface area contributed by atoms with E-state index in [0.29, 0.717) is 4.34 Å². The van der Waals surface area contributed by atoms with Gasteiger partial charge in [-0.1, -0.05) is 17.7 Å². The average Bonchev–Trinajstić information content (AvgIpc) is 2.98. The Kier molecular flexibility index (Phi) is 6.17. The number of nitro groups is 1. The fourth-order valence-electron chi connectivity index (χ4n) is 2.12. The highest BCUT2D eigenvalue weighted by Crippen LogP contribution is 2.32. The van der Waals surface area contributed by atoms with E-state index in [2.05, 4.69) is 6.58 Å². The maximum atomic E-state index is 13.0. The van der Waals surface area contributed by atoms with Crippen LogP contribution in [0.2, 0.25) is 4.34 Å². The summed E-state index contributed by atoms with van der Waals surface area (Å²) in [5.74, 6) is 0.0314. The lowest BCUT2D eigenvalue weighted by atomic mass is 10.3. The molecule has 0 aliphatic heterocycles. The largest absolute Gasteiger partial charge is 0.495 e. The molecule has 0 saturated carbocycles. The number of nitrogens with zero attached hydrogens (tertiary/aromatic N) is 2. The standard InChI is InChI=1S/C15H15ClN2O5S2/c1-3-8-17(10-12-5-7-15(16)24-12)25(21,22)14-9-11(18(19)20)4-6-13(14)23-2/h3-7,9H,1,8,10H2,2H3. The van der Waals surface area contributed by atoms with Crippen molar-refractivity contribution in [1.82, 2.24) is 4.31 Å². The Morgan fingerprint density at radius 3 is 2.64 bits per heavy atom. The molecule has 1 aromatic heterocycles. The van der Waals surface area contributed by atoms with Gasteiger partial charge in [0.05, 0.1) is 16.4 Å². The third kappa shape index (κ3) is 4.37. The van der Waals surface area contributed by atoms with Gasteiger partial charge in [-0.2, -0.15) is 4.31 Å².